The first-order chi connectivity index (χ1) is 15.3. The molecule has 0 saturated heterocycles. The van der Waals surface area contributed by atoms with Crippen LogP contribution >= 0.6 is 11.6 Å². The molecule has 0 bridgehead atoms. The molecular formula is C25H22ClN3O3. The van der Waals surface area contributed by atoms with Crippen LogP contribution in [0.15, 0.2) is 65.5 Å². The highest BCUT2D eigenvalue weighted by Gasteiger charge is 2.21. The standard InChI is InChI=1S/C25H22ClN3O3/c1-14-11-17(15(2)32-25(31)23-20(27)9-10-22(26)28-23)18-13-21(16-7-5-4-6-8-16)29(3)24(30)19(18)12-14/h4-13,15H,27H2,1-3H3. The van der Waals surface area contributed by atoms with Gasteiger partial charge in [-0.05, 0) is 54.6 Å². The zero-order valence-corrected chi connectivity index (χ0v) is 18.7. The molecule has 32 heavy (non-hydrogen) atoms. The highest BCUT2D eigenvalue weighted by molar-refractivity contribution is 6.29. The van der Waals surface area contributed by atoms with E-state index in [1.54, 1.807) is 18.5 Å². The number of carbonyl (C=O) groups excluding carboxylic acids is 1. The minimum Gasteiger partial charge on any atom is -0.453 e. The third kappa shape index (κ3) is 3.97. The van der Waals surface area contributed by atoms with Crippen LogP contribution in [0.3, 0.4) is 0 Å². The molecule has 162 valence electrons. The Labute approximate surface area is 190 Å². The Kier molecular flexibility index (Phi) is 5.72. The highest BCUT2D eigenvalue weighted by Crippen LogP contribution is 2.31. The van der Waals surface area contributed by atoms with Crippen LogP contribution in [0.25, 0.3) is 22.0 Å². The van der Waals surface area contributed by atoms with E-state index in [2.05, 4.69) is 4.98 Å². The van der Waals surface area contributed by atoms with Gasteiger partial charge in [0.25, 0.3) is 5.56 Å². The number of fused-ring (bicyclic) bond motifs is 1. The van der Waals surface area contributed by atoms with Crippen LogP contribution in [0.4, 0.5) is 5.69 Å². The molecule has 0 radical (unpaired) electrons. The number of anilines is 1. The number of hydrogen-bond donors (Lipinski definition) is 1. The molecule has 4 rings (SSSR count). The number of rotatable bonds is 4. The summed E-state index contributed by atoms with van der Waals surface area (Å²) in [6, 6.07) is 18.4. The van der Waals surface area contributed by atoms with E-state index in [-0.39, 0.29) is 22.1 Å². The average molecular weight is 448 g/mol. The molecule has 2 N–H and O–H groups in total. The number of hydrogen-bond acceptors (Lipinski definition) is 5. The van der Waals surface area contributed by atoms with Crippen molar-refractivity contribution in [2.24, 2.45) is 7.05 Å². The molecular weight excluding hydrogens is 426 g/mol. The molecule has 0 amide bonds. The average Bonchev–Trinajstić information content (AvgIpc) is 2.78. The van der Waals surface area contributed by atoms with Crippen molar-refractivity contribution in [2.45, 2.75) is 20.0 Å². The maximum absolute atomic E-state index is 13.2. The van der Waals surface area contributed by atoms with Crippen molar-refractivity contribution in [1.29, 1.82) is 0 Å². The van der Waals surface area contributed by atoms with Gasteiger partial charge in [0.15, 0.2) is 5.69 Å². The normalized spacial score (nSPS) is 12.0. The topological polar surface area (TPSA) is 87.2 Å². The van der Waals surface area contributed by atoms with Gasteiger partial charge in [-0.25, -0.2) is 9.78 Å². The SMILES string of the molecule is Cc1cc(C(C)OC(=O)c2nc(Cl)ccc2N)c2cc(-c3ccccc3)n(C)c(=O)c2c1. The Balaban J connectivity index is 1.83. The number of aryl methyl sites for hydroxylation is 1. The van der Waals surface area contributed by atoms with Crippen molar-refractivity contribution >= 4 is 34.0 Å². The zero-order valence-electron chi connectivity index (χ0n) is 17.9. The summed E-state index contributed by atoms with van der Waals surface area (Å²) >= 11 is 5.91. The first-order valence-electron chi connectivity index (χ1n) is 10.1. The van der Waals surface area contributed by atoms with Gasteiger partial charge in [0.1, 0.15) is 11.3 Å². The predicted molar refractivity (Wildman–Crippen MR) is 127 cm³/mol. The molecule has 0 fully saturated rings. The third-order valence-electron chi connectivity index (χ3n) is 5.41. The molecule has 0 aliphatic rings. The van der Waals surface area contributed by atoms with Crippen LogP contribution in [0.1, 0.15) is 34.6 Å². The van der Waals surface area contributed by atoms with Gasteiger partial charge in [0, 0.05) is 18.0 Å². The van der Waals surface area contributed by atoms with Crippen LogP contribution in [0, 0.1) is 6.92 Å². The number of nitrogen functional groups attached to an aromatic ring is 1. The summed E-state index contributed by atoms with van der Waals surface area (Å²) in [5.41, 5.74) is 9.20. The number of nitrogens with two attached hydrogens (primary N) is 1. The Morgan fingerprint density at radius 1 is 1.09 bits per heavy atom. The van der Waals surface area contributed by atoms with E-state index in [1.165, 1.54) is 12.1 Å². The lowest BCUT2D eigenvalue weighted by Gasteiger charge is -2.19. The van der Waals surface area contributed by atoms with Crippen molar-refractivity contribution in [3.8, 4) is 11.3 Å². The van der Waals surface area contributed by atoms with Gasteiger partial charge in [-0.1, -0.05) is 48.0 Å². The van der Waals surface area contributed by atoms with Crippen molar-refractivity contribution in [1.82, 2.24) is 9.55 Å². The van der Waals surface area contributed by atoms with Crippen molar-refractivity contribution < 1.29 is 9.53 Å². The summed E-state index contributed by atoms with van der Waals surface area (Å²) in [6.07, 6.45) is -0.652. The van der Waals surface area contributed by atoms with Gasteiger partial charge in [0.05, 0.1) is 11.4 Å². The summed E-state index contributed by atoms with van der Waals surface area (Å²) in [5, 5.41) is 1.44. The Morgan fingerprint density at radius 2 is 1.81 bits per heavy atom. The summed E-state index contributed by atoms with van der Waals surface area (Å²) in [7, 11) is 1.75. The lowest BCUT2D eigenvalue weighted by atomic mass is 9.97. The molecule has 2 heterocycles. The first kappa shape index (κ1) is 21.6. The summed E-state index contributed by atoms with van der Waals surface area (Å²) in [5.74, 6) is -0.681. The second-order valence-electron chi connectivity index (χ2n) is 7.69. The van der Waals surface area contributed by atoms with Gasteiger partial charge in [-0.2, -0.15) is 0 Å². The van der Waals surface area contributed by atoms with E-state index in [0.717, 1.165) is 27.8 Å². The van der Waals surface area contributed by atoms with Crippen LogP contribution in [0.2, 0.25) is 5.15 Å². The summed E-state index contributed by atoms with van der Waals surface area (Å²) in [4.78, 5) is 29.9. The molecule has 2 aromatic carbocycles. The van der Waals surface area contributed by atoms with E-state index in [9.17, 15) is 9.59 Å². The second kappa shape index (κ2) is 8.48. The smallest absolute Gasteiger partial charge is 0.359 e. The number of nitrogens with zero attached hydrogens (tertiary/aromatic N) is 2. The number of esters is 1. The fourth-order valence-electron chi connectivity index (χ4n) is 3.80. The van der Waals surface area contributed by atoms with E-state index in [0.29, 0.717) is 5.39 Å². The lowest BCUT2D eigenvalue weighted by Crippen LogP contribution is -2.20. The highest BCUT2D eigenvalue weighted by atomic mass is 35.5. The van der Waals surface area contributed by atoms with Gasteiger partial charge >= 0.3 is 5.97 Å². The molecule has 0 saturated carbocycles. The first-order valence-corrected chi connectivity index (χ1v) is 10.5. The lowest BCUT2D eigenvalue weighted by molar-refractivity contribution is 0.0335. The quantitative estimate of drug-likeness (QED) is 0.349. The van der Waals surface area contributed by atoms with Crippen LogP contribution in [-0.4, -0.2) is 15.5 Å². The molecule has 0 spiro atoms. The van der Waals surface area contributed by atoms with Gasteiger partial charge in [-0.15, -0.1) is 0 Å². The van der Waals surface area contributed by atoms with Crippen molar-refractivity contribution in [3.63, 3.8) is 0 Å². The van der Waals surface area contributed by atoms with E-state index in [1.807, 2.05) is 55.5 Å². The Morgan fingerprint density at radius 3 is 2.53 bits per heavy atom. The molecule has 6 nitrogen and oxygen atoms in total. The number of carbonyl (C=O) groups is 1. The molecule has 1 unspecified atom stereocenters. The molecule has 4 aromatic rings. The van der Waals surface area contributed by atoms with Crippen molar-refractivity contribution in [2.75, 3.05) is 5.73 Å². The van der Waals surface area contributed by atoms with Crippen LogP contribution in [0.5, 0.6) is 0 Å². The number of ether oxygens (including phenoxy) is 1. The van der Waals surface area contributed by atoms with Crippen LogP contribution < -0.4 is 11.3 Å². The molecule has 2 aromatic heterocycles. The van der Waals surface area contributed by atoms with Gasteiger partial charge < -0.3 is 15.0 Å². The number of pyridine rings is 2. The second-order valence-corrected chi connectivity index (χ2v) is 8.08. The van der Waals surface area contributed by atoms with Gasteiger partial charge in [0.2, 0.25) is 0 Å². The van der Waals surface area contributed by atoms with Crippen molar-refractivity contribution in [3.05, 3.63) is 93.0 Å². The minimum atomic E-state index is -0.681. The zero-order chi connectivity index (χ0) is 23.0. The minimum absolute atomic E-state index is 0.0396. The predicted octanol–water partition coefficient (Wildman–Crippen LogP) is 5.06. The number of aromatic nitrogens is 2. The Bertz CT molecular complexity index is 1400. The third-order valence-corrected chi connectivity index (χ3v) is 5.62. The van der Waals surface area contributed by atoms with E-state index < -0.39 is 12.1 Å². The molecule has 0 aliphatic carbocycles. The number of benzene rings is 2. The largest absolute Gasteiger partial charge is 0.453 e. The van der Waals surface area contributed by atoms with E-state index in [4.69, 9.17) is 22.1 Å². The molecule has 7 heteroatoms. The fraction of sp³-hybridized carbons (Fsp3) is 0.160. The van der Waals surface area contributed by atoms with Gasteiger partial charge in [-0.3, -0.25) is 4.79 Å². The maximum atomic E-state index is 13.2. The fourth-order valence-corrected chi connectivity index (χ4v) is 3.95. The molecule has 1 atom stereocenters. The summed E-state index contributed by atoms with van der Waals surface area (Å²) < 4.78 is 7.32. The Hall–Kier alpha value is -3.64. The number of halogens is 1. The van der Waals surface area contributed by atoms with Crippen LogP contribution in [-0.2, 0) is 11.8 Å². The monoisotopic (exact) mass is 447 g/mol. The summed E-state index contributed by atoms with van der Waals surface area (Å²) in [6.45, 7) is 3.66. The maximum Gasteiger partial charge on any atom is 0.359 e. The molecule has 0 aliphatic heterocycles. The van der Waals surface area contributed by atoms with E-state index >= 15 is 0 Å².